The van der Waals surface area contributed by atoms with Crippen molar-refractivity contribution in [1.82, 2.24) is 4.98 Å². The molecular formula is C22H16N2O5S. The average Bonchev–Trinajstić information content (AvgIpc) is 3.37. The molecule has 1 aliphatic rings. The molecule has 30 heavy (non-hydrogen) atoms. The van der Waals surface area contributed by atoms with Crippen molar-refractivity contribution in [3.63, 3.8) is 0 Å². The number of hydrogen-bond acceptors (Lipinski definition) is 7. The molecule has 1 aliphatic heterocycles. The van der Waals surface area contributed by atoms with E-state index in [0.717, 1.165) is 0 Å². The zero-order valence-corrected chi connectivity index (χ0v) is 16.7. The summed E-state index contributed by atoms with van der Waals surface area (Å²) in [4.78, 5) is 32.5. The van der Waals surface area contributed by atoms with E-state index in [0.29, 0.717) is 28.3 Å². The number of fused-ring (bicyclic) bond motifs is 2. The van der Waals surface area contributed by atoms with Crippen molar-refractivity contribution in [2.24, 2.45) is 0 Å². The van der Waals surface area contributed by atoms with Gasteiger partial charge in [-0.3, -0.25) is 14.5 Å². The number of nitrogens with zero attached hydrogens (tertiary/aromatic N) is 2. The number of phenolic OH excluding ortho intramolecular Hbond substituents is 1. The summed E-state index contributed by atoms with van der Waals surface area (Å²) in [5, 5.41) is 12.7. The fourth-order valence-electron chi connectivity index (χ4n) is 3.74. The minimum Gasteiger partial charge on any atom is -0.504 e. The Hall–Kier alpha value is -3.65. The highest BCUT2D eigenvalue weighted by Gasteiger charge is 2.44. The summed E-state index contributed by atoms with van der Waals surface area (Å²) in [5.74, 6) is -0.166. The van der Waals surface area contributed by atoms with Crippen molar-refractivity contribution in [2.75, 3.05) is 11.5 Å². The molecular weight excluding hydrogens is 404 g/mol. The lowest BCUT2D eigenvalue weighted by Crippen LogP contribution is -2.29. The summed E-state index contributed by atoms with van der Waals surface area (Å²) in [6, 6.07) is 10.9. The number of carbonyl (C=O) groups excluding carboxylic acids is 1. The molecule has 1 atom stereocenters. The average molecular weight is 420 g/mol. The Labute approximate surface area is 174 Å². The molecule has 5 rings (SSSR count). The molecule has 0 bridgehead atoms. The summed E-state index contributed by atoms with van der Waals surface area (Å²) >= 11 is 1.29. The Morgan fingerprint density at radius 1 is 1.23 bits per heavy atom. The van der Waals surface area contributed by atoms with Gasteiger partial charge in [-0.15, -0.1) is 11.3 Å². The van der Waals surface area contributed by atoms with Crippen LogP contribution < -0.4 is 15.1 Å². The van der Waals surface area contributed by atoms with Crippen LogP contribution in [0.1, 0.15) is 34.6 Å². The molecule has 2 aromatic heterocycles. The monoisotopic (exact) mass is 420 g/mol. The highest BCUT2D eigenvalue weighted by molar-refractivity contribution is 7.13. The van der Waals surface area contributed by atoms with Crippen LogP contribution in [0.4, 0.5) is 5.13 Å². The lowest BCUT2D eigenvalue weighted by atomic mass is 9.98. The number of benzene rings is 2. The fourth-order valence-corrected chi connectivity index (χ4v) is 4.41. The lowest BCUT2D eigenvalue weighted by molar-refractivity contribution is 0.0971. The van der Waals surface area contributed by atoms with Crippen LogP contribution in [0.2, 0.25) is 0 Å². The summed E-state index contributed by atoms with van der Waals surface area (Å²) in [6.07, 6.45) is 1.60. The van der Waals surface area contributed by atoms with E-state index < -0.39 is 11.9 Å². The molecule has 2 aromatic carbocycles. The first kappa shape index (κ1) is 18.4. The minimum absolute atomic E-state index is 0.00457. The topological polar surface area (TPSA) is 92.9 Å². The predicted molar refractivity (Wildman–Crippen MR) is 113 cm³/mol. The number of anilines is 1. The van der Waals surface area contributed by atoms with Crippen LogP contribution in [0.15, 0.2) is 63.3 Å². The Kier molecular flexibility index (Phi) is 4.29. The first-order valence-corrected chi connectivity index (χ1v) is 10.2. The largest absolute Gasteiger partial charge is 0.504 e. The van der Waals surface area contributed by atoms with Crippen LogP contribution in [0.3, 0.4) is 0 Å². The predicted octanol–water partition coefficient (Wildman–Crippen LogP) is 4.10. The van der Waals surface area contributed by atoms with Gasteiger partial charge in [-0.2, -0.15) is 0 Å². The number of hydrogen-bond donors (Lipinski definition) is 1. The van der Waals surface area contributed by atoms with E-state index in [1.807, 2.05) is 6.92 Å². The summed E-state index contributed by atoms with van der Waals surface area (Å²) in [5.41, 5.74) is 0.952. The van der Waals surface area contributed by atoms with Crippen molar-refractivity contribution in [3.8, 4) is 11.5 Å². The number of para-hydroxylation sites is 1. The summed E-state index contributed by atoms with van der Waals surface area (Å²) in [6.45, 7) is 2.17. The van der Waals surface area contributed by atoms with Crippen molar-refractivity contribution in [1.29, 1.82) is 0 Å². The number of amides is 1. The smallest absolute Gasteiger partial charge is 0.297 e. The molecule has 1 N–H and O–H groups in total. The number of carbonyl (C=O) groups is 1. The van der Waals surface area contributed by atoms with Gasteiger partial charge < -0.3 is 14.3 Å². The third-order valence-electron chi connectivity index (χ3n) is 5.00. The normalized spacial score (nSPS) is 15.6. The van der Waals surface area contributed by atoms with E-state index in [1.54, 1.807) is 48.0 Å². The molecule has 8 heteroatoms. The van der Waals surface area contributed by atoms with Gasteiger partial charge in [0.05, 0.1) is 23.6 Å². The molecule has 0 aliphatic carbocycles. The number of phenols is 1. The number of ether oxygens (including phenoxy) is 1. The van der Waals surface area contributed by atoms with Crippen molar-refractivity contribution >= 4 is 33.3 Å². The molecule has 0 spiro atoms. The van der Waals surface area contributed by atoms with E-state index >= 15 is 0 Å². The van der Waals surface area contributed by atoms with E-state index in [-0.39, 0.29) is 28.3 Å². The molecule has 0 saturated carbocycles. The van der Waals surface area contributed by atoms with Gasteiger partial charge in [0.15, 0.2) is 22.1 Å². The van der Waals surface area contributed by atoms with Gasteiger partial charge in [0.25, 0.3) is 5.91 Å². The van der Waals surface area contributed by atoms with Crippen LogP contribution in [0, 0.1) is 0 Å². The molecule has 0 fully saturated rings. The number of rotatable bonds is 4. The van der Waals surface area contributed by atoms with Crippen LogP contribution in [-0.4, -0.2) is 22.6 Å². The van der Waals surface area contributed by atoms with Crippen LogP contribution >= 0.6 is 11.3 Å². The number of thiazole rings is 1. The van der Waals surface area contributed by atoms with Gasteiger partial charge >= 0.3 is 0 Å². The lowest BCUT2D eigenvalue weighted by Gasteiger charge is -2.23. The SMILES string of the molecule is CCOc1cc([C@H]2c3c(oc4ccccc4c3=O)C(=O)N2c2nccs2)ccc1O. The molecule has 4 aromatic rings. The molecule has 7 nitrogen and oxygen atoms in total. The van der Waals surface area contributed by atoms with Gasteiger partial charge in [0.1, 0.15) is 5.58 Å². The Morgan fingerprint density at radius 2 is 2.07 bits per heavy atom. The second-order valence-electron chi connectivity index (χ2n) is 6.72. The molecule has 1 amide bonds. The maximum absolute atomic E-state index is 13.4. The highest BCUT2D eigenvalue weighted by Crippen LogP contribution is 2.43. The third kappa shape index (κ3) is 2.68. The van der Waals surface area contributed by atoms with E-state index in [4.69, 9.17) is 9.15 Å². The number of aromatic nitrogens is 1. The second-order valence-corrected chi connectivity index (χ2v) is 7.60. The minimum atomic E-state index is -0.751. The molecule has 0 saturated heterocycles. The van der Waals surface area contributed by atoms with Crippen molar-refractivity contribution in [2.45, 2.75) is 13.0 Å². The first-order valence-electron chi connectivity index (χ1n) is 9.34. The Bertz CT molecular complexity index is 1330. The summed E-state index contributed by atoms with van der Waals surface area (Å²) in [7, 11) is 0. The van der Waals surface area contributed by atoms with Crippen molar-refractivity contribution in [3.05, 3.63) is 81.2 Å². The summed E-state index contributed by atoms with van der Waals surface area (Å²) < 4.78 is 11.4. The van der Waals surface area contributed by atoms with Crippen LogP contribution in [-0.2, 0) is 0 Å². The first-order chi connectivity index (χ1) is 14.6. The van der Waals surface area contributed by atoms with E-state index in [2.05, 4.69) is 4.98 Å². The van der Waals surface area contributed by atoms with Gasteiger partial charge in [-0.25, -0.2) is 4.98 Å². The maximum Gasteiger partial charge on any atom is 0.297 e. The second kappa shape index (κ2) is 7.00. The van der Waals surface area contributed by atoms with E-state index in [1.165, 1.54) is 22.3 Å². The molecule has 3 heterocycles. The molecule has 150 valence electrons. The Balaban J connectivity index is 1.80. The molecule has 0 unspecified atom stereocenters. The number of aromatic hydroxyl groups is 1. The highest BCUT2D eigenvalue weighted by atomic mass is 32.1. The van der Waals surface area contributed by atoms with Gasteiger partial charge in [-0.1, -0.05) is 18.2 Å². The molecule has 0 radical (unpaired) electrons. The van der Waals surface area contributed by atoms with Crippen LogP contribution in [0.25, 0.3) is 11.0 Å². The zero-order chi connectivity index (χ0) is 20.8. The fraction of sp³-hybridized carbons (Fsp3) is 0.136. The Morgan fingerprint density at radius 3 is 2.83 bits per heavy atom. The van der Waals surface area contributed by atoms with Gasteiger partial charge in [-0.05, 0) is 36.8 Å². The standard InChI is InChI=1S/C22H16N2O5S/c1-2-28-16-11-12(7-8-14(16)25)18-17-19(26)13-5-3-4-6-15(13)29-20(17)21(27)24(18)22-23-9-10-30-22/h3-11,18,25H,2H2,1H3/t18-/m0/s1. The quantitative estimate of drug-likeness (QED) is 0.534. The van der Waals surface area contributed by atoms with Crippen molar-refractivity contribution < 1.29 is 19.1 Å². The van der Waals surface area contributed by atoms with Crippen LogP contribution in [0.5, 0.6) is 11.5 Å². The van der Waals surface area contributed by atoms with Gasteiger partial charge in [0, 0.05) is 11.6 Å². The third-order valence-corrected chi connectivity index (χ3v) is 5.77. The van der Waals surface area contributed by atoms with E-state index in [9.17, 15) is 14.7 Å². The van der Waals surface area contributed by atoms with Gasteiger partial charge in [0.2, 0.25) is 5.76 Å². The zero-order valence-electron chi connectivity index (χ0n) is 15.9. The maximum atomic E-state index is 13.4.